The number of anilines is 4. The molecule has 1 amide bonds. The Balaban J connectivity index is 1.28. The lowest BCUT2D eigenvalue weighted by Gasteiger charge is -2.09. The van der Waals surface area contributed by atoms with Crippen LogP contribution in [0.5, 0.6) is 0 Å². The van der Waals surface area contributed by atoms with E-state index in [4.69, 9.17) is 5.73 Å². The van der Waals surface area contributed by atoms with Crippen molar-refractivity contribution < 1.29 is 18.0 Å². The minimum atomic E-state index is -4.28. The number of carbonyl (C=O) groups is 1. The smallest absolute Gasteiger partial charge is 0.397 e. The second-order valence-corrected chi connectivity index (χ2v) is 10.1. The molecule has 190 valence electrons. The number of halogens is 3. The molecule has 0 aliphatic rings. The van der Waals surface area contributed by atoms with E-state index in [1.165, 1.54) is 22.7 Å². The highest BCUT2D eigenvalue weighted by Crippen LogP contribution is 2.34. The molecule has 13 heteroatoms. The van der Waals surface area contributed by atoms with E-state index in [0.717, 1.165) is 15.6 Å². The van der Waals surface area contributed by atoms with Gasteiger partial charge in [0, 0.05) is 24.5 Å². The van der Waals surface area contributed by atoms with E-state index < -0.39 is 12.7 Å². The summed E-state index contributed by atoms with van der Waals surface area (Å²) in [5, 5.41) is 9.78. The maximum Gasteiger partial charge on any atom is 0.401 e. The lowest BCUT2D eigenvalue weighted by atomic mass is 10.2. The van der Waals surface area contributed by atoms with Crippen LogP contribution in [-0.2, 0) is 6.54 Å². The van der Waals surface area contributed by atoms with E-state index in [2.05, 4.69) is 25.9 Å². The summed E-state index contributed by atoms with van der Waals surface area (Å²) in [7, 11) is 0. The Labute approximate surface area is 217 Å². The number of hydrogen-bond acceptors (Lipinski definition) is 8. The third-order valence-corrected chi connectivity index (χ3v) is 7.22. The number of rotatable bonds is 8. The number of amides is 1. The molecule has 0 atom stereocenters. The summed E-state index contributed by atoms with van der Waals surface area (Å²) < 4.78 is 39.3. The van der Waals surface area contributed by atoms with E-state index >= 15 is 0 Å². The van der Waals surface area contributed by atoms with E-state index in [1.54, 1.807) is 67.1 Å². The number of carbonyl (C=O) groups excluding carboxylic acids is 1. The summed E-state index contributed by atoms with van der Waals surface area (Å²) in [5.41, 5.74) is 8.92. The highest BCUT2D eigenvalue weighted by Gasteiger charge is 2.26. The number of nitrogens with two attached hydrogens (primary N) is 1. The number of benzene rings is 1. The van der Waals surface area contributed by atoms with Gasteiger partial charge >= 0.3 is 6.18 Å². The predicted molar refractivity (Wildman–Crippen MR) is 140 cm³/mol. The number of thiazole rings is 1. The minimum Gasteiger partial charge on any atom is -0.397 e. The Morgan fingerprint density at radius 2 is 1.86 bits per heavy atom. The molecular formula is C24H20F3N7OS2. The molecular weight excluding hydrogens is 523 g/mol. The van der Waals surface area contributed by atoms with Crippen LogP contribution in [0.3, 0.4) is 0 Å². The average Bonchev–Trinajstić information content (AvgIpc) is 3.60. The molecule has 4 heterocycles. The first kappa shape index (κ1) is 24.7. The maximum atomic E-state index is 12.6. The molecule has 0 saturated carbocycles. The van der Waals surface area contributed by atoms with Gasteiger partial charge in [0.25, 0.3) is 5.91 Å². The van der Waals surface area contributed by atoms with Crippen LogP contribution >= 0.6 is 22.7 Å². The molecule has 0 saturated heterocycles. The zero-order valence-corrected chi connectivity index (χ0v) is 20.7. The summed E-state index contributed by atoms with van der Waals surface area (Å²) in [4.78, 5) is 22.8. The van der Waals surface area contributed by atoms with Crippen molar-refractivity contribution in [2.24, 2.45) is 0 Å². The summed E-state index contributed by atoms with van der Waals surface area (Å²) in [6.07, 6.45) is 0.898. The van der Waals surface area contributed by atoms with E-state index in [0.29, 0.717) is 32.6 Å². The van der Waals surface area contributed by atoms with Gasteiger partial charge in [-0.05, 0) is 30.3 Å². The molecule has 0 bridgehead atoms. The Morgan fingerprint density at radius 3 is 2.68 bits per heavy atom. The molecule has 4 aromatic heterocycles. The van der Waals surface area contributed by atoms with Gasteiger partial charge in [-0.15, -0.1) is 11.3 Å². The van der Waals surface area contributed by atoms with Crippen LogP contribution in [0.25, 0.3) is 16.2 Å². The quantitative estimate of drug-likeness (QED) is 0.186. The summed E-state index contributed by atoms with van der Waals surface area (Å²) in [5.74, 6) is -0.262. The number of alkyl halides is 3. The molecule has 0 aliphatic heterocycles. The number of thiophene rings is 1. The number of nitrogens with one attached hydrogen (secondary N) is 3. The van der Waals surface area contributed by atoms with Crippen molar-refractivity contribution in [3.05, 3.63) is 77.6 Å². The molecule has 37 heavy (non-hydrogen) atoms. The SMILES string of the molecule is Nc1ccccc1NC(=O)c1ccc(Nc2ncc(-c3cnc4c(CNCC(F)(F)F)cccn34)s2)s1. The number of fused-ring (bicyclic) bond motifs is 1. The molecule has 0 fully saturated rings. The maximum absolute atomic E-state index is 12.6. The van der Waals surface area contributed by atoms with Crippen LogP contribution in [0.2, 0.25) is 0 Å². The second-order valence-electron chi connectivity index (χ2n) is 7.95. The number of aromatic nitrogens is 3. The van der Waals surface area contributed by atoms with Gasteiger partial charge in [0.05, 0.1) is 44.6 Å². The lowest BCUT2D eigenvalue weighted by Crippen LogP contribution is -2.28. The fourth-order valence-corrected chi connectivity index (χ4v) is 5.31. The van der Waals surface area contributed by atoms with Crippen LogP contribution < -0.4 is 21.7 Å². The molecule has 0 unspecified atom stereocenters. The first-order chi connectivity index (χ1) is 17.8. The topological polar surface area (TPSA) is 109 Å². The summed E-state index contributed by atoms with van der Waals surface area (Å²) in [6, 6.07) is 14.1. The van der Waals surface area contributed by atoms with Crippen LogP contribution in [0.4, 0.5) is 34.7 Å². The lowest BCUT2D eigenvalue weighted by molar-refractivity contribution is -0.125. The zero-order chi connectivity index (χ0) is 26.0. The van der Waals surface area contributed by atoms with Crippen molar-refractivity contribution in [3.8, 4) is 10.6 Å². The van der Waals surface area contributed by atoms with Gasteiger partial charge in [0.15, 0.2) is 5.13 Å². The second kappa shape index (κ2) is 10.2. The van der Waals surface area contributed by atoms with Crippen molar-refractivity contribution in [2.75, 3.05) is 22.9 Å². The number of nitrogens with zero attached hydrogens (tertiary/aromatic N) is 3. The third-order valence-electron chi connectivity index (χ3n) is 5.28. The Bertz CT molecular complexity index is 1560. The molecule has 0 aliphatic carbocycles. The van der Waals surface area contributed by atoms with E-state index in [1.807, 2.05) is 4.40 Å². The molecule has 0 spiro atoms. The Hall–Kier alpha value is -3.94. The fourth-order valence-electron chi connectivity index (χ4n) is 3.61. The molecule has 5 aromatic rings. The highest BCUT2D eigenvalue weighted by atomic mass is 32.1. The van der Waals surface area contributed by atoms with Gasteiger partial charge in [-0.1, -0.05) is 29.5 Å². The Morgan fingerprint density at radius 1 is 1.03 bits per heavy atom. The van der Waals surface area contributed by atoms with Crippen LogP contribution in [0, 0.1) is 0 Å². The Kier molecular flexibility index (Phi) is 6.82. The van der Waals surface area contributed by atoms with Gasteiger partial charge in [0.2, 0.25) is 0 Å². The fraction of sp³-hybridized carbons (Fsp3) is 0.125. The zero-order valence-electron chi connectivity index (χ0n) is 19.0. The number of nitrogen functional groups attached to an aromatic ring is 1. The van der Waals surface area contributed by atoms with Crippen LogP contribution in [-0.4, -0.2) is 33.0 Å². The average molecular weight is 544 g/mol. The summed E-state index contributed by atoms with van der Waals surface area (Å²) >= 11 is 2.67. The molecule has 1 aromatic carbocycles. The standard InChI is InChI=1S/C24H20F3N7OS2/c25-24(26,27)13-29-10-14-4-3-9-34-17(11-30-21(14)34)19-12-31-23(37-19)33-20-8-7-18(36-20)22(35)32-16-6-2-1-5-15(16)28/h1-9,11-12,29H,10,13,28H2,(H,31,33)(H,32,35). The largest absolute Gasteiger partial charge is 0.401 e. The number of pyridine rings is 1. The van der Waals surface area contributed by atoms with Gasteiger partial charge in [-0.2, -0.15) is 13.2 Å². The van der Waals surface area contributed by atoms with E-state index in [-0.39, 0.29) is 12.5 Å². The van der Waals surface area contributed by atoms with Crippen LogP contribution in [0.1, 0.15) is 15.2 Å². The van der Waals surface area contributed by atoms with Gasteiger partial charge in [0.1, 0.15) is 5.65 Å². The monoisotopic (exact) mass is 543 g/mol. The summed E-state index contributed by atoms with van der Waals surface area (Å²) in [6.45, 7) is -1.03. The predicted octanol–water partition coefficient (Wildman–Crippen LogP) is 5.75. The van der Waals surface area contributed by atoms with Crippen LogP contribution in [0.15, 0.2) is 67.1 Å². The molecule has 8 nitrogen and oxygen atoms in total. The van der Waals surface area contributed by atoms with Crippen molar-refractivity contribution in [1.82, 2.24) is 19.7 Å². The van der Waals surface area contributed by atoms with Crippen molar-refractivity contribution in [2.45, 2.75) is 12.7 Å². The molecule has 5 N–H and O–H groups in total. The van der Waals surface area contributed by atoms with Crippen molar-refractivity contribution in [3.63, 3.8) is 0 Å². The van der Waals surface area contributed by atoms with Gasteiger partial charge in [-0.3, -0.25) is 9.20 Å². The third kappa shape index (κ3) is 5.74. The van der Waals surface area contributed by atoms with E-state index in [9.17, 15) is 18.0 Å². The highest BCUT2D eigenvalue weighted by molar-refractivity contribution is 7.20. The first-order valence-electron chi connectivity index (χ1n) is 11.0. The van der Waals surface area contributed by atoms with Gasteiger partial charge < -0.3 is 21.7 Å². The number of imidazole rings is 1. The van der Waals surface area contributed by atoms with Gasteiger partial charge in [-0.25, -0.2) is 9.97 Å². The van der Waals surface area contributed by atoms with Crippen molar-refractivity contribution >= 4 is 55.7 Å². The minimum absolute atomic E-state index is 0.0426. The molecule has 0 radical (unpaired) electrons. The van der Waals surface area contributed by atoms with Crippen molar-refractivity contribution in [1.29, 1.82) is 0 Å². The number of hydrogen-bond donors (Lipinski definition) is 4. The number of para-hydroxylation sites is 2. The normalized spacial score (nSPS) is 11.6. The molecule has 5 rings (SSSR count). The first-order valence-corrected chi connectivity index (χ1v) is 12.6.